The van der Waals surface area contributed by atoms with Gasteiger partial charge in [0.15, 0.2) is 0 Å². The molecular formula is C22H28ClN3O. The Kier molecular flexibility index (Phi) is 5.98. The number of halogens is 1. The topological polar surface area (TPSA) is 38.7 Å². The molecule has 0 bridgehead atoms. The lowest BCUT2D eigenvalue weighted by Crippen LogP contribution is -2.49. The third-order valence-corrected chi connectivity index (χ3v) is 6.02. The van der Waals surface area contributed by atoms with E-state index < -0.39 is 0 Å². The van der Waals surface area contributed by atoms with Crippen molar-refractivity contribution < 1.29 is 5.11 Å². The second-order valence-corrected chi connectivity index (χ2v) is 8.19. The molecule has 1 unspecified atom stereocenters. The highest BCUT2D eigenvalue weighted by Gasteiger charge is 2.33. The van der Waals surface area contributed by atoms with Crippen molar-refractivity contribution in [2.24, 2.45) is 0 Å². The number of β-amino-alcohol motifs (C(OH)–C–C–N with tert-alkyl or cyclic N) is 1. The second-order valence-electron chi connectivity index (χ2n) is 7.76. The summed E-state index contributed by atoms with van der Waals surface area (Å²) in [6.07, 6.45) is 1.95. The summed E-state index contributed by atoms with van der Waals surface area (Å²) in [4.78, 5) is 4.78. The minimum atomic E-state index is -0.308. The van der Waals surface area contributed by atoms with Crippen LogP contribution in [-0.4, -0.2) is 54.4 Å². The molecule has 4 rings (SSSR count). The molecule has 0 amide bonds. The Balaban J connectivity index is 1.25. The Labute approximate surface area is 166 Å². The molecule has 27 heavy (non-hydrogen) atoms. The standard InChI is InChI=1S/C22H28ClN3O/c23-18-8-6-17(7-9-18)14-25-12-10-19(11-13-25)24-21-15-26(16-22(21)27)20-4-2-1-3-5-20/h1-9,19,21-22,24,27H,10-16H2/t21?,22-/m1/s1. The minimum absolute atomic E-state index is 0.151. The first-order valence-corrected chi connectivity index (χ1v) is 10.3. The van der Waals surface area contributed by atoms with Gasteiger partial charge in [-0.15, -0.1) is 0 Å². The zero-order valence-electron chi connectivity index (χ0n) is 15.6. The van der Waals surface area contributed by atoms with Gasteiger partial charge in [-0.05, 0) is 55.8 Å². The normalized spacial score (nSPS) is 24.4. The van der Waals surface area contributed by atoms with Crippen LogP contribution in [0.2, 0.25) is 5.02 Å². The largest absolute Gasteiger partial charge is 0.390 e. The average molecular weight is 386 g/mol. The van der Waals surface area contributed by atoms with Gasteiger partial charge in [0, 0.05) is 36.4 Å². The van der Waals surface area contributed by atoms with Crippen LogP contribution < -0.4 is 10.2 Å². The lowest BCUT2D eigenvalue weighted by Gasteiger charge is -2.34. The molecule has 2 aliphatic rings. The highest BCUT2D eigenvalue weighted by Crippen LogP contribution is 2.22. The molecule has 0 radical (unpaired) electrons. The number of aliphatic hydroxyl groups excluding tert-OH is 1. The van der Waals surface area contributed by atoms with Crippen LogP contribution in [0, 0.1) is 0 Å². The minimum Gasteiger partial charge on any atom is -0.390 e. The number of rotatable bonds is 5. The maximum Gasteiger partial charge on any atom is 0.0885 e. The molecule has 2 aromatic carbocycles. The molecule has 4 nitrogen and oxygen atoms in total. The van der Waals surface area contributed by atoms with Gasteiger partial charge in [-0.25, -0.2) is 0 Å². The summed E-state index contributed by atoms with van der Waals surface area (Å²) >= 11 is 5.97. The first-order chi connectivity index (χ1) is 13.2. The summed E-state index contributed by atoms with van der Waals surface area (Å²) in [7, 11) is 0. The van der Waals surface area contributed by atoms with Gasteiger partial charge in [-0.1, -0.05) is 41.9 Å². The molecule has 5 heteroatoms. The summed E-state index contributed by atoms with van der Waals surface area (Å²) < 4.78 is 0. The first kappa shape index (κ1) is 18.8. The van der Waals surface area contributed by atoms with Crippen LogP contribution in [0.3, 0.4) is 0 Å². The van der Waals surface area contributed by atoms with Gasteiger partial charge in [0.25, 0.3) is 0 Å². The van der Waals surface area contributed by atoms with Crippen LogP contribution >= 0.6 is 11.6 Å². The van der Waals surface area contributed by atoms with Crippen molar-refractivity contribution in [2.75, 3.05) is 31.1 Å². The molecule has 144 valence electrons. The van der Waals surface area contributed by atoms with Crippen LogP contribution in [0.1, 0.15) is 18.4 Å². The third-order valence-electron chi connectivity index (χ3n) is 5.77. The zero-order valence-corrected chi connectivity index (χ0v) is 16.4. The van der Waals surface area contributed by atoms with Crippen LogP contribution in [-0.2, 0) is 6.54 Å². The van der Waals surface area contributed by atoms with E-state index in [0.29, 0.717) is 12.6 Å². The van der Waals surface area contributed by atoms with Gasteiger partial charge >= 0.3 is 0 Å². The fraction of sp³-hybridized carbons (Fsp3) is 0.455. The maximum atomic E-state index is 10.5. The van der Waals surface area contributed by atoms with Crippen molar-refractivity contribution in [3.8, 4) is 0 Å². The number of hydrogen-bond acceptors (Lipinski definition) is 4. The fourth-order valence-corrected chi connectivity index (χ4v) is 4.33. The monoisotopic (exact) mass is 385 g/mol. The Bertz CT molecular complexity index is 716. The first-order valence-electron chi connectivity index (χ1n) is 9.88. The molecule has 2 fully saturated rings. The van der Waals surface area contributed by atoms with Gasteiger partial charge in [0.1, 0.15) is 0 Å². The highest BCUT2D eigenvalue weighted by molar-refractivity contribution is 6.30. The van der Waals surface area contributed by atoms with Gasteiger partial charge in [-0.3, -0.25) is 4.90 Å². The molecule has 2 atom stereocenters. The van der Waals surface area contributed by atoms with Crippen molar-refractivity contribution in [1.29, 1.82) is 0 Å². The van der Waals surface area contributed by atoms with Crippen LogP contribution in [0.4, 0.5) is 5.69 Å². The van der Waals surface area contributed by atoms with E-state index in [2.05, 4.69) is 51.5 Å². The molecule has 2 aliphatic heterocycles. The van der Waals surface area contributed by atoms with Crippen LogP contribution in [0.15, 0.2) is 54.6 Å². The summed E-state index contributed by atoms with van der Waals surface area (Å²) in [5.41, 5.74) is 2.51. The Morgan fingerprint density at radius 3 is 2.37 bits per heavy atom. The molecule has 2 N–H and O–H groups in total. The van der Waals surface area contributed by atoms with Crippen LogP contribution in [0.5, 0.6) is 0 Å². The molecule has 2 heterocycles. The summed E-state index contributed by atoms with van der Waals surface area (Å²) in [5.74, 6) is 0. The van der Waals surface area contributed by atoms with Crippen molar-refractivity contribution in [3.63, 3.8) is 0 Å². The van der Waals surface area contributed by atoms with Gasteiger partial charge in [0.05, 0.1) is 12.1 Å². The van der Waals surface area contributed by atoms with Gasteiger partial charge in [0.2, 0.25) is 0 Å². The molecule has 0 aromatic heterocycles. The van der Waals surface area contributed by atoms with Crippen LogP contribution in [0.25, 0.3) is 0 Å². The van der Waals surface area contributed by atoms with E-state index in [1.807, 2.05) is 18.2 Å². The Hall–Kier alpha value is -1.59. The number of nitrogens with zero attached hydrogens (tertiary/aromatic N) is 2. The molecule has 0 aliphatic carbocycles. The maximum absolute atomic E-state index is 10.5. The molecule has 2 saturated heterocycles. The van der Waals surface area contributed by atoms with E-state index >= 15 is 0 Å². The smallest absolute Gasteiger partial charge is 0.0885 e. The van der Waals surface area contributed by atoms with Crippen molar-refractivity contribution in [3.05, 3.63) is 65.2 Å². The molecular weight excluding hydrogens is 358 g/mol. The number of aliphatic hydroxyl groups is 1. The van der Waals surface area contributed by atoms with Crippen molar-refractivity contribution >= 4 is 17.3 Å². The highest BCUT2D eigenvalue weighted by atomic mass is 35.5. The zero-order chi connectivity index (χ0) is 18.6. The lowest BCUT2D eigenvalue weighted by molar-refractivity contribution is 0.136. The number of para-hydroxylation sites is 1. The number of nitrogens with one attached hydrogen (secondary N) is 1. The van der Waals surface area contributed by atoms with Crippen molar-refractivity contribution in [1.82, 2.24) is 10.2 Å². The van der Waals surface area contributed by atoms with E-state index in [0.717, 1.165) is 44.0 Å². The lowest BCUT2D eigenvalue weighted by atomic mass is 10.0. The van der Waals surface area contributed by atoms with E-state index in [9.17, 15) is 5.11 Å². The third kappa shape index (κ3) is 4.82. The van der Waals surface area contributed by atoms with E-state index in [-0.39, 0.29) is 12.1 Å². The number of hydrogen-bond donors (Lipinski definition) is 2. The van der Waals surface area contributed by atoms with Gasteiger partial charge < -0.3 is 15.3 Å². The predicted molar refractivity (Wildman–Crippen MR) is 111 cm³/mol. The molecule has 0 saturated carbocycles. The summed E-state index contributed by atoms with van der Waals surface area (Å²) in [6, 6.07) is 19.2. The average Bonchev–Trinajstić information content (AvgIpc) is 3.06. The Morgan fingerprint density at radius 2 is 1.67 bits per heavy atom. The SMILES string of the molecule is O[C@@H]1CN(c2ccccc2)CC1NC1CCN(Cc2ccc(Cl)cc2)CC1. The number of likely N-dealkylation sites (tertiary alicyclic amines) is 1. The van der Waals surface area contributed by atoms with Crippen molar-refractivity contribution in [2.45, 2.75) is 37.6 Å². The molecule has 2 aromatic rings. The number of benzene rings is 2. The van der Waals surface area contributed by atoms with E-state index in [4.69, 9.17) is 11.6 Å². The number of anilines is 1. The van der Waals surface area contributed by atoms with E-state index in [1.165, 1.54) is 11.3 Å². The predicted octanol–water partition coefficient (Wildman–Crippen LogP) is 3.14. The quantitative estimate of drug-likeness (QED) is 0.829. The molecule has 0 spiro atoms. The van der Waals surface area contributed by atoms with E-state index in [1.54, 1.807) is 0 Å². The fourth-order valence-electron chi connectivity index (χ4n) is 4.21. The van der Waals surface area contributed by atoms with Gasteiger partial charge in [-0.2, -0.15) is 0 Å². The summed E-state index contributed by atoms with van der Waals surface area (Å²) in [6.45, 7) is 4.74. The number of piperidine rings is 1. The second kappa shape index (κ2) is 8.61. The Morgan fingerprint density at radius 1 is 0.963 bits per heavy atom. The summed E-state index contributed by atoms with van der Waals surface area (Å²) in [5, 5.41) is 15.0.